The van der Waals surface area contributed by atoms with Crippen LogP contribution in [0, 0.1) is 6.92 Å². The quantitative estimate of drug-likeness (QED) is 0.929. The molecule has 0 aliphatic rings. The maximum atomic E-state index is 11.6. The van der Waals surface area contributed by atoms with Crippen molar-refractivity contribution in [2.45, 2.75) is 20.1 Å². The number of nitrogens with one attached hydrogen (secondary N) is 1. The van der Waals surface area contributed by atoms with Crippen LogP contribution in [0.5, 0.6) is 0 Å². The molecule has 0 spiro atoms. The average Bonchev–Trinajstić information content (AvgIpc) is 2.48. The smallest absolute Gasteiger partial charge is 0.407 e. The summed E-state index contributed by atoms with van der Waals surface area (Å²) in [6.45, 7) is 2.63. The highest BCUT2D eigenvalue weighted by Crippen LogP contribution is 2.17. The normalized spacial score (nSPS) is 10.1. The van der Waals surface area contributed by atoms with E-state index in [-0.39, 0.29) is 6.61 Å². The number of halogens is 1. The highest BCUT2D eigenvalue weighted by Gasteiger charge is 2.06. The number of hydrogen-bond donors (Lipinski definition) is 1. The van der Waals surface area contributed by atoms with Crippen LogP contribution in [0.3, 0.4) is 0 Å². The molecular weight excluding hydrogens is 320 g/mol. The van der Waals surface area contributed by atoms with E-state index in [0.717, 1.165) is 21.2 Å². The molecule has 0 saturated heterocycles. The summed E-state index contributed by atoms with van der Waals surface area (Å²) in [7, 11) is 0. The fourth-order valence-electron chi connectivity index (χ4n) is 1.66. The molecule has 0 radical (unpaired) electrons. The first kappa shape index (κ1) is 14.5. The highest BCUT2D eigenvalue weighted by molar-refractivity contribution is 9.10. The molecule has 5 heteroatoms. The number of carbonyl (C=O) groups excluding carboxylic acids is 1. The molecular formula is C15H15BrN2O2. The first-order valence-corrected chi connectivity index (χ1v) is 6.99. The van der Waals surface area contributed by atoms with Crippen LogP contribution in [0.25, 0.3) is 0 Å². The number of aromatic nitrogens is 1. The first-order valence-electron chi connectivity index (χ1n) is 6.20. The Balaban J connectivity index is 1.82. The summed E-state index contributed by atoms with van der Waals surface area (Å²) in [5, 5.41) is 2.72. The summed E-state index contributed by atoms with van der Waals surface area (Å²) in [5.74, 6) is 0. The second kappa shape index (κ2) is 7.05. The van der Waals surface area contributed by atoms with Gasteiger partial charge < -0.3 is 10.1 Å². The Bertz CT molecular complexity index is 588. The highest BCUT2D eigenvalue weighted by atomic mass is 79.9. The Kier molecular flexibility index (Phi) is 5.12. The third kappa shape index (κ3) is 4.06. The SMILES string of the molecule is Cc1c(Br)cncc1CNC(=O)OCc1ccccc1. The number of hydrogen-bond acceptors (Lipinski definition) is 3. The zero-order valence-corrected chi connectivity index (χ0v) is 12.7. The van der Waals surface area contributed by atoms with Gasteiger partial charge in [0, 0.05) is 23.4 Å². The lowest BCUT2D eigenvalue weighted by Gasteiger charge is -2.09. The zero-order chi connectivity index (χ0) is 14.4. The van der Waals surface area contributed by atoms with Gasteiger partial charge in [-0.15, -0.1) is 0 Å². The molecule has 2 aromatic rings. The fraction of sp³-hybridized carbons (Fsp3) is 0.200. The summed E-state index contributed by atoms with van der Waals surface area (Å²) in [6.07, 6.45) is 3.03. The molecule has 0 fully saturated rings. The first-order chi connectivity index (χ1) is 9.66. The third-order valence-electron chi connectivity index (χ3n) is 2.89. The van der Waals surface area contributed by atoms with E-state index in [1.54, 1.807) is 12.4 Å². The monoisotopic (exact) mass is 334 g/mol. The van der Waals surface area contributed by atoms with Crippen molar-refractivity contribution in [2.24, 2.45) is 0 Å². The summed E-state index contributed by atoms with van der Waals surface area (Å²) in [5.41, 5.74) is 2.97. The lowest BCUT2D eigenvalue weighted by Crippen LogP contribution is -2.24. The van der Waals surface area contributed by atoms with Crippen molar-refractivity contribution in [1.29, 1.82) is 0 Å². The van der Waals surface area contributed by atoms with Gasteiger partial charge in [-0.2, -0.15) is 0 Å². The van der Waals surface area contributed by atoms with Gasteiger partial charge in [-0.25, -0.2) is 4.79 Å². The van der Waals surface area contributed by atoms with E-state index in [1.165, 1.54) is 0 Å². The van der Waals surface area contributed by atoms with Gasteiger partial charge in [0.25, 0.3) is 0 Å². The second-order valence-corrected chi connectivity index (χ2v) is 5.18. The summed E-state index contributed by atoms with van der Waals surface area (Å²) in [6, 6.07) is 9.57. The number of ether oxygens (including phenoxy) is 1. The van der Waals surface area contributed by atoms with Crippen molar-refractivity contribution in [3.05, 3.63) is 63.9 Å². The average molecular weight is 335 g/mol. The van der Waals surface area contributed by atoms with Crippen LogP contribution >= 0.6 is 15.9 Å². The molecule has 0 aliphatic heterocycles. The minimum absolute atomic E-state index is 0.266. The van der Waals surface area contributed by atoms with E-state index in [9.17, 15) is 4.79 Å². The van der Waals surface area contributed by atoms with Crippen LogP contribution in [0.2, 0.25) is 0 Å². The number of nitrogens with zero attached hydrogens (tertiary/aromatic N) is 1. The number of carbonyl (C=O) groups is 1. The van der Waals surface area contributed by atoms with E-state index < -0.39 is 6.09 Å². The topological polar surface area (TPSA) is 51.2 Å². The lowest BCUT2D eigenvalue weighted by molar-refractivity contribution is 0.139. The zero-order valence-electron chi connectivity index (χ0n) is 11.1. The Morgan fingerprint density at radius 2 is 2.05 bits per heavy atom. The van der Waals surface area contributed by atoms with Crippen molar-refractivity contribution in [3.8, 4) is 0 Å². The molecule has 2 rings (SSSR count). The van der Waals surface area contributed by atoms with Crippen LogP contribution in [0.4, 0.5) is 4.79 Å². The second-order valence-electron chi connectivity index (χ2n) is 4.32. The molecule has 0 unspecified atom stereocenters. The van der Waals surface area contributed by atoms with E-state index in [4.69, 9.17) is 4.74 Å². The Labute approximate surface area is 126 Å². The molecule has 1 aromatic heterocycles. The molecule has 0 saturated carbocycles. The number of pyridine rings is 1. The van der Waals surface area contributed by atoms with E-state index in [1.807, 2.05) is 37.3 Å². The summed E-state index contributed by atoms with van der Waals surface area (Å²) < 4.78 is 6.06. The molecule has 1 aromatic carbocycles. The molecule has 0 aliphatic carbocycles. The Morgan fingerprint density at radius 1 is 1.30 bits per heavy atom. The number of benzene rings is 1. The van der Waals surface area contributed by atoms with E-state index in [0.29, 0.717) is 6.54 Å². The van der Waals surface area contributed by atoms with Crippen LogP contribution < -0.4 is 5.32 Å². The van der Waals surface area contributed by atoms with Crippen LogP contribution in [0.1, 0.15) is 16.7 Å². The molecule has 0 bridgehead atoms. The van der Waals surface area contributed by atoms with Gasteiger partial charge in [0.15, 0.2) is 0 Å². The minimum Gasteiger partial charge on any atom is -0.445 e. The Hall–Kier alpha value is -1.88. The van der Waals surface area contributed by atoms with Crippen LogP contribution in [0.15, 0.2) is 47.2 Å². The number of amides is 1. The summed E-state index contributed by atoms with van der Waals surface area (Å²) >= 11 is 3.41. The van der Waals surface area contributed by atoms with Crippen molar-refractivity contribution < 1.29 is 9.53 Å². The fourth-order valence-corrected chi connectivity index (χ4v) is 2.03. The predicted molar refractivity (Wildman–Crippen MR) is 80.1 cm³/mol. The molecule has 4 nitrogen and oxygen atoms in total. The number of rotatable bonds is 4. The molecule has 1 N–H and O–H groups in total. The van der Waals surface area contributed by atoms with Crippen molar-refractivity contribution in [2.75, 3.05) is 0 Å². The van der Waals surface area contributed by atoms with E-state index in [2.05, 4.69) is 26.2 Å². The van der Waals surface area contributed by atoms with Gasteiger partial charge in [-0.1, -0.05) is 30.3 Å². The number of alkyl carbamates (subject to hydrolysis) is 1. The van der Waals surface area contributed by atoms with Crippen molar-refractivity contribution in [3.63, 3.8) is 0 Å². The van der Waals surface area contributed by atoms with Crippen molar-refractivity contribution >= 4 is 22.0 Å². The largest absolute Gasteiger partial charge is 0.445 e. The minimum atomic E-state index is -0.437. The third-order valence-corrected chi connectivity index (χ3v) is 3.69. The molecule has 0 atom stereocenters. The Morgan fingerprint density at radius 3 is 2.80 bits per heavy atom. The maximum Gasteiger partial charge on any atom is 0.407 e. The van der Waals surface area contributed by atoms with Gasteiger partial charge in [-0.05, 0) is 39.5 Å². The van der Waals surface area contributed by atoms with Gasteiger partial charge in [0.2, 0.25) is 0 Å². The van der Waals surface area contributed by atoms with Crippen molar-refractivity contribution in [1.82, 2.24) is 10.3 Å². The maximum absolute atomic E-state index is 11.6. The molecule has 1 heterocycles. The predicted octanol–water partition coefficient (Wildman–Crippen LogP) is 3.58. The van der Waals surface area contributed by atoms with Gasteiger partial charge in [0.05, 0.1) is 0 Å². The van der Waals surface area contributed by atoms with Crippen LogP contribution in [-0.2, 0) is 17.9 Å². The standard InChI is InChI=1S/C15H15BrN2O2/c1-11-13(7-17-9-14(11)16)8-18-15(19)20-10-12-5-3-2-4-6-12/h2-7,9H,8,10H2,1H3,(H,18,19). The molecule has 20 heavy (non-hydrogen) atoms. The lowest BCUT2D eigenvalue weighted by atomic mass is 10.2. The van der Waals surface area contributed by atoms with Crippen LogP contribution in [-0.4, -0.2) is 11.1 Å². The molecule has 1 amide bonds. The van der Waals surface area contributed by atoms with E-state index >= 15 is 0 Å². The van der Waals surface area contributed by atoms with Gasteiger partial charge in [-0.3, -0.25) is 4.98 Å². The summed E-state index contributed by atoms with van der Waals surface area (Å²) in [4.78, 5) is 15.7. The molecule has 104 valence electrons. The van der Waals surface area contributed by atoms with Gasteiger partial charge in [0.1, 0.15) is 6.61 Å². The van der Waals surface area contributed by atoms with Gasteiger partial charge >= 0.3 is 6.09 Å².